The molecule has 8 nitrogen and oxygen atoms in total. The SMILES string of the molecule is Cn1ccc2ccc(C(=O)Nc3ccc(Nc4ccc(NC(=O)c5ccc(N6CCC(O)CC6)cc5)cc4)cc3)cc21. The number of carbonyl (C=O) groups excluding carboxylic acids is 2. The van der Waals surface area contributed by atoms with Gasteiger partial charge in [-0.05, 0) is 109 Å². The van der Waals surface area contributed by atoms with Crippen LogP contribution >= 0.6 is 0 Å². The number of aryl methyl sites for hydroxylation is 1. The first-order valence-electron chi connectivity index (χ1n) is 14.1. The van der Waals surface area contributed by atoms with Crippen LogP contribution in [-0.2, 0) is 7.05 Å². The van der Waals surface area contributed by atoms with Gasteiger partial charge >= 0.3 is 0 Å². The Labute approximate surface area is 244 Å². The van der Waals surface area contributed by atoms with Crippen molar-refractivity contribution in [3.63, 3.8) is 0 Å². The van der Waals surface area contributed by atoms with Crippen molar-refractivity contribution >= 4 is 51.2 Å². The molecule has 2 heterocycles. The van der Waals surface area contributed by atoms with Gasteiger partial charge in [0.2, 0.25) is 0 Å². The van der Waals surface area contributed by atoms with Gasteiger partial charge in [0.25, 0.3) is 11.8 Å². The quantitative estimate of drug-likeness (QED) is 0.185. The molecule has 5 aromatic rings. The summed E-state index contributed by atoms with van der Waals surface area (Å²) in [5.74, 6) is -0.326. The average Bonchev–Trinajstić information content (AvgIpc) is 3.39. The lowest BCUT2D eigenvalue weighted by atomic mass is 10.1. The highest BCUT2D eigenvalue weighted by Crippen LogP contribution is 2.24. The number of nitrogens with zero attached hydrogens (tertiary/aromatic N) is 2. The van der Waals surface area contributed by atoms with Gasteiger partial charge in [-0.1, -0.05) is 6.07 Å². The van der Waals surface area contributed by atoms with Gasteiger partial charge in [-0.15, -0.1) is 0 Å². The third-order valence-corrected chi connectivity index (χ3v) is 7.68. The Morgan fingerprint density at radius 3 is 1.81 bits per heavy atom. The maximum Gasteiger partial charge on any atom is 0.255 e. The van der Waals surface area contributed by atoms with Gasteiger partial charge in [0.15, 0.2) is 0 Å². The number of benzene rings is 4. The number of nitrogens with one attached hydrogen (secondary N) is 3. The fourth-order valence-corrected chi connectivity index (χ4v) is 5.20. The van der Waals surface area contributed by atoms with Crippen LogP contribution in [-0.4, -0.2) is 40.7 Å². The van der Waals surface area contributed by atoms with Crippen LogP contribution in [0.25, 0.3) is 10.9 Å². The second-order valence-corrected chi connectivity index (χ2v) is 10.7. The third kappa shape index (κ3) is 6.14. The molecule has 6 rings (SSSR count). The molecular weight excluding hydrogens is 526 g/mol. The van der Waals surface area contributed by atoms with Gasteiger partial charge in [-0.3, -0.25) is 9.59 Å². The van der Waals surface area contributed by atoms with Crippen molar-refractivity contribution < 1.29 is 14.7 Å². The van der Waals surface area contributed by atoms with E-state index in [2.05, 4.69) is 20.9 Å². The monoisotopic (exact) mass is 559 g/mol. The molecule has 0 unspecified atom stereocenters. The first-order valence-corrected chi connectivity index (χ1v) is 14.1. The van der Waals surface area contributed by atoms with Crippen LogP contribution in [0.5, 0.6) is 0 Å². The summed E-state index contributed by atoms with van der Waals surface area (Å²) < 4.78 is 2.00. The van der Waals surface area contributed by atoms with E-state index in [9.17, 15) is 14.7 Å². The van der Waals surface area contributed by atoms with Crippen molar-refractivity contribution in [1.29, 1.82) is 0 Å². The molecule has 0 spiro atoms. The van der Waals surface area contributed by atoms with E-state index in [-0.39, 0.29) is 17.9 Å². The number of piperidine rings is 1. The molecule has 2 amide bonds. The highest BCUT2D eigenvalue weighted by molar-refractivity contribution is 6.06. The lowest BCUT2D eigenvalue weighted by Gasteiger charge is -2.31. The van der Waals surface area contributed by atoms with Gasteiger partial charge in [0.05, 0.1) is 6.10 Å². The lowest BCUT2D eigenvalue weighted by molar-refractivity contribution is 0.101. The van der Waals surface area contributed by atoms with Gasteiger partial charge in [-0.2, -0.15) is 0 Å². The molecular formula is C34H33N5O3. The summed E-state index contributed by atoms with van der Waals surface area (Å²) >= 11 is 0. The molecule has 4 aromatic carbocycles. The largest absolute Gasteiger partial charge is 0.393 e. The Kier molecular flexibility index (Phi) is 7.62. The molecule has 1 aliphatic rings. The molecule has 0 bridgehead atoms. The Hall–Kier alpha value is -5.08. The van der Waals surface area contributed by atoms with E-state index >= 15 is 0 Å². The molecule has 1 fully saturated rings. The summed E-state index contributed by atoms with van der Waals surface area (Å²) in [6, 6.07) is 30.3. The number of aliphatic hydroxyl groups is 1. The summed E-state index contributed by atoms with van der Waals surface area (Å²) in [5.41, 5.74) is 6.42. The summed E-state index contributed by atoms with van der Waals surface area (Å²) in [6.45, 7) is 1.64. The zero-order chi connectivity index (χ0) is 29.1. The number of fused-ring (bicyclic) bond motifs is 1. The maximum atomic E-state index is 12.8. The third-order valence-electron chi connectivity index (χ3n) is 7.68. The minimum Gasteiger partial charge on any atom is -0.393 e. The van der Waals surface area contributed by atoms with Crippen molar-refractivity contribution in [2.45, 2.75) is 18.9 Å². The highest BCUT2D eigenvalue weighted by atomic mass is 16.3. The number of amides is 2. The van der Waals surface area contributed by atoms with Crippen LogP contribution in [0, 0.1) is 0 Å². The Morgan fingerprint density at radius 1 is 0.690 bits per heavy atom. The molecule has 1 aromatic heterocycles. The number of aromatic nitrogens is 1. The Bertz CT molecular complexity index is 1700. The van der Waals surface area contributed by atoms with Gasteiger partial charge < -0.3 is 30.5 Å². The smallest absolute Gasteiger partial charge is 0.255 e. The normalized spacial score (nSPS) is 13.6. The maximum absolute atomic E-state index is 12.8. The molecule has 0 atom stereocenters. The topological polar surface area (TPSA) is 98.6 Å². The van der Waals surface area contributed by atoms with Crippen LogP contribution in [0.2, 0.25) is 0 Å². The van der Waals surface area contributed by atoms with Gasteiger partial charge in [0.1, 0.15) is 0 Å². The summed E-state index contributed by atoms with van der Waals surface area (Å²) in [6.07, 6.45) is 3.30. The van der Waals surface area contributed by atoms with Crippen LogP contribution in [0.3, 0.4) is 0 Å². The minimum absolute atomic E-state index is 0.157. The number of aliphatic hydroxyl groups excluding tert-OH is 1. The predicted molar refractivity (Wildman–Crippen MR) is 169 cm³/mol. The van der Waals surface area contributed by atoms with Crippen LogP contribution in [0.15, 0.2) is 103 Å². The number of anilines is 5. The van der Waals surface area contributed by atoms with Crippen molar-refractivity contribution in [3.8, 4) is 0 Å². The molecule has 0 radical (unpaired) electrons. The standard InChI is InChI=1S/C34H33N5O3/c1-38-19-16-23-2-3-25(22-32(23)38)34(42)37-29-12-8-27(9-13-29)35-26-6-10-28(11-7-26)36-33(41)24-4-14-30(15-5-24)39-20-17-31(40)18-21-39/h2-16,19,22,31,35,40H,17-18,20-21H2,1H3,(H,36,41)(H,37,42). The summed E-state index contributed by atoms with van der Waals surface area (Å²) in [7, 11) is 1.96. The second kappa shape index (κ2) is 11.8. The van der Waals surface area contributed by atoms with Crippen molar-refractivity contribution in [2.24, 2.45) is 7.05 Å². The van der Waals surface area contributed by atoms with E-state index in [0.717, 1.165) is 53.9 Å². The summed E-state index contributed by atoms with van der Waals surface area (Å²) in [5, 5.41) is 20.1. The molecule has 1 saturated heterocycles. The van der Waals surface area contributed by atoms with Crippen molar-refractivity contribution in [3.05, 3.63) is 114 Å². The average molecular weight is 560 g/mol. The highest BCUT2D eigenvalue weighted by Gasteiger charge is 2.17. The number of carbonyl (C=O) groups is 2. The molecule has 212 valence electrons. The van der Waals surface area contributed by atoms with Crippen molar-refractivity contribution in [1.82, 2.24) is 4.57 Å². The molecule has 0 aliphatic carbocycles. The van der Waals surface area contributed by atoms with E-state index in [4.69, 9.17) is 0 Å². The van der Waals surface area contributed by atoms with Gasteiger partial charge in [0, 0.05) is 71.4 Å². The van der Waals surface area contributed by atoms with E-state index in [0.29, 0.717) is 22.5 Å². The first kappa shape index (κ1) is 27.1. The van der Waals surface area contributed by atoms with Crippen molar-refractivity contribution in [2.75, 3.05) is 33.9 Å². The molecule has 1 aliphatic heterocycles. The van der Waals surface area contributed by atoms with Crippen LogP contribution in [0.4, 0.5) is 28.4 Å². The molecule has 8 heteroatoms. The molecule has 0 saturated carbocycles. The lowest BCUT2D eigenvalue weighted by Crippen LogP contribution is -2.35. The summed E-state index contributed by atoms with van der Waals surface area (Å²) in [4.78, 5) is 27.8. The molecule has 4 N–H and O–H groups in total. The Balaban J connectivity index is 1.01. The first-order chi connectivity index (χ1) is 20.4. The number of hydrogen-bond donors (Lipinski definition) is 4. The minimum atomic E-state index is -0.213. The number of rotatable bonds is 7. The van der Waals surface area contributed by atoms with E-state index in [1.54, 1.807) is 0 Å². The van der Waals surface area contributed by atoms with E-state index in [1.165, 1.54) is 0 Å². The zero-order valence-electron chi connectivity index (χ0n) is 23.4. The second-order valence-electron chi connectivity index (χ2n) is 10.7. The Morgan fingerprint density at radius 2 is 1.21 bits per heavy atom. The van der Waals surface area contributed by atoms with E-state index < -0.39 is 0 Å². The van der Waals surface area contributed by atoms with Gasteiger partial charge in [-0.25, -0.2) is 0 Å². The zero-order valence-corrected chi connectivity index (χ0v) is 23.4. The number of hydrogen-bond acceptors (Lipinski definition) is 5. The van der Waals surface area contributed by atoms with Crippen LogP contribution < -0.4 is 20.9 Å². The molecule has 42 heavy (non-hydrogen) atoms. The van der Waals surface area contributed by atoms with Crippen LogP contribution in [0.1, 0.15) is 33.6 Å². The fourth-order valence-electron chi connectivity index (χ4n) is 5.20. The fraction of sp³-hybridized carbons (Fsp3) is 0.176. The van der Waals surface area contributed by atoms with E-state index in [1.807, 2.05) is 115 Å². The predicted octanol–water partition coefficient (Wildman–Crippen LogP) is 6.39.